The van der Waals surface area contributed by atoms with E-state index >= 15 is 0 Å². The largest absolute Gasteiger partial charge is 0.454 e. The molecule has 0 amide bonds. The van der Waals surface area contributed by atoms with Crippen LogP contribution in [0, 0.1) is 0 Å². The lowest BCUT2D eigenvalue weighted by Gasteiger charge is -2.21. The average Bonchev–Trinajstić information content (AvgIpc) is 3.05. The smallest absolute Gasteiger partial charge is 0.159 e. The molecule has 2 nitrogen and oxygen atoms in total. The minimum absolute atomic E-state index is 0.157. The Balaban J connectivity index is 1.83. The van der Waals surface area contributed by atoms with Crippen LogP contribution >= 0.6 is 22.9 Å². The van der Waals surface area contributed by atoms with Gasteiger partial charge in [-0.15, -0.1) is 0 Å². The molecule has 0 N–H and O–H groups in total. The summed E-state index contributed by atoms with van der Waals surface area (Å²) in [6.07, 6.45) is 0.967. The lowest BCUT2D eigenvalue weighted by molar-refractivity contribution is 0.590. The van der Waals surface area contributed by atoms with Crippen molar-refractivity contribution in [2.75, 3.05) is 3.11 Å². The summed E-state index contributed by atoms with van der Waals surface area (Å²) in [5, 5.41) is 2.37. The second-order valence-corrected chi connectivity index (χ2v) is 8.95. The van der Waals surface area contributed by atoms with E-state index in [1.54, 1.807) is 0 Å². The van der Waals surface area contributed by atoms with E-state index < -0.39 is 0 Å². The Labute approximate surface area is 174 Å². The van der Waals surface area contributed by atoms with Crippen molar-refractivity contribution in [3.63, 3.8) is 0 Å². The van der Waals surface area contributed by atoms with Crippen molar-refractivity contribution in [1.29, 1.82) is 0 Å². The van der Waals surface area contributed by atoms with Gasteiger partial charge in [-0.25, -0.2) is 0 Å². The Bertz CT molecular complexity index is 1100. The van der Waals surface area contributed by atoms with Crippen LogP contribution in [0.15, 0.2) is 65.1 Å². The average molecular weight is 469 g/mol. The molecular formula is C24H24INO. The van der Waals surface area contributed by atoms with Gasteiger partial charge in [0.1, 0.15) is 5.58 Å². The first-order chi connectivity index (χ1) is 12.9. The van der Waals surface area contributed by atoms with Crippen LogP contribution in [-0.4, -0.2) is 0 Å². The molecule has 0 fully saturated rings. The lowest BCUT2D eigenvalue weighted by Crippen LogP contribution is -2.11. The Morgan fingerprint density at radius 3 is 2.11 bits per heavy atom. The summed E-state index contributed by atoms with van der Waals surface area (Å²) in [4.78, 5) is 0. The highest BCUT2D eigenvalue weighted by molar-refractivity contribution is 14.1. The molecule has 4 rings (SSSR count). The topological polar surface area (TPSA) is 16.4 Å². The van der Waals surface area contributed by atoms with Crippen LogP contribution < -0.4 is 3.11 Å². The van der Waals surface area contributed by atoms with Crippen LogP contribution in [0.5, 0.6) is 0 Å². The molecule has 4 aromatic rings. The van der Waals surface area contributed by atoms with E-state index in [1.165, 1.54) is 21.9 Å². The number of furan rings is 1. The second-order valence-electron chi connectivity index (χ2n) is 7.98. The van der Waals surface area contributed by atoms with Gasteiger partial charge in [-0.05, 0) is 41.2 Å². The number of fused-ring (bicyclic) bond motifs is 3. The van der Waals surface area contributed by atoms with Crippen molar-refractivity contribution >= 4 is 56.2 Å². The third-order valence-electron chi connectivity index (χ3n) is 5.14. The fourth-order valence-corrected chi connectivity index (χ4v) is 4.23. The van der Waals surface area contributed by atoms with Gasteiger partial charge in [-0.3, -0.25) is 3.11 Å². The van der Waals surface area contributed by atoms with Crippen LogP contribution in [0.25, 0.3) is 21.9 Å². The van der Waals surface area contributed by atoms with E-state index in [4.69, 9.17) is 4.42 Å². The zero-order valence-corrected chi connectivity index (χ0v) is 18.4. The van der Waals surface area contributed by atoms with Gasteiger partial charge in [0.25, 0.3) is 0 Å². The number of hydrogen-bond donors (Lipinski definition) is 0. The number of anilines is 2. The molecule has 1 aromatic heterocycles. The van der Waals surface area contributed by atoms with Gasteiger partial charge in [0.05, 0.1) is 34.2 Å². The summed E-state index contributed by atoms with van der Waals surface area (Å²) in [7, 11) is 0. The Kier molecular flexibility index (Phi) is 4.66. The van der Waals surface area contributed by atoms with Gasteiger partial charge < -0.3 is 4.42 Å². The molecule has 3 aromatic carbocycles. The summed E-state index contributed by atoms with van der Waals surface area (Å²) in [6.45, 7) is 8.89. The van der Waals surface area contributed by atoms with Crippen LogP contribution in [0.3, 0.4) is 0 Å². The molecule has 0 atom stereocenters. The molecular weight excluding hydrogens is 445 g/mol. The van der Waals surface area contributed by atoms with Crippen LogP contribution in [0.2, 0.25) is 0 Å². The molecule has 0 saturated heterocycles. The minimum Gasteiger partial charge on any atom is -0.454 e. The molecule has 0 radical (unpaired) electrons. The minimum atomic E-state index is 0.157. The summed E-state index contributed by atoms with van der Waals surface area (Å²) in [6, 6.07) is 21.6. The number of hydrogen-bond acceptors (Lipinski definition) is 2. The summed E-state index contributed by atoms with van der Waals surface area (Å²) in [5.41, 5.74) is 6.93. The number of rotatable bonds is 3. The number of benzene rings is 3. The molecule has 0 aliphatic rings. The molecule has 138 valence electrons. The summed E-state index contributed by atoms with van der Waals surface area (Å²) in [5.74, 6) is 0. The van der Waals surface area contributed by atoms with Crippen LogP contribution in [0.4, 0.5) is 11.4 Å². The fourth-order valence-electron chi connectivity index (χ4n) is 3.53. The van der Waals surface area contributed by atoms with Crippen molar-refractivity contribution in [3.05, 3.63) is 71.8 Å². The molecule has 0 unspecified atom stereocenters. The highest BCUT2D eigenvalue weighted by Crippen LogP contribution is 2.40. The van der Waals surface area contributed by atoms with Gasteiger partial charge in [-0.2, -0.15) is 0 Å². The maximum atomic E-state index is 6.38. The molecule has 0 aliphatic carbocycles. The van der Waals surface area contributed by atoms with E-state index in [-0.39, 0.29) is 5.41 Å². The second kappa shape index (κ2) is 6.86. The maximum absolute atomic E-state index is 6.38. The standard InChI is InChI=1S/C24H24INO/c1-5-16-8-6-9-19-20-10-7-11-21(23(20)27-22(16)19)26(25)18-14-12-17(13-15-18)24(2,3)4/h6-15H,5H2,1-4H3. The SMILES string of the molecule is CCc1cccc2c1oc1c(N(I)c3ccc(C(C)(C)C)cc3)cccc12. The molecule has 0 spiro atoms. The first kappa shape index (κ1) is 18.4. The van der Waals surface area contributed by atoms with E-state index in [0.29, 0.717) is 0 Å². The summed E-state index contributed by atoms with van der Waals surface area (Å²) < 4.78 is 8.56. The molecule has 0 aliphatic heterocycles. The Morgan fingerprint density at radius 1 is 0.852 bits per heavy atom. The van der Waals surface area contributed by atoms with E-state index in [0.717, 1.165) is 29.0 Å². The van der Waals surface area contributed by atoms with Gasteiger partial charge in [0.15, 0.2) is 5.58 Å². The van der Waals surface area contributed by atoms with E-state index in [2.05, 4.69) is 114 Å². The van der Waals surface area contributed by atoms with Gasteiger partial charge in [0.2, 0.25) is 0 Å². The van der Waals surface area contributed by atoms with Gasteiger partial charge in [-0.1, -0.05) is 70.2 Å². The fraction of sp³-hybridized carbons (Fsp3) is 0.250. The predicted molar refractivity (Wildman–Crippen MR) is 124 cm³/mol. The first-order valence-corrected chi connectivity index (χ1v) is 10.4. The molecule has 3 heteroatoms. The third-order valence-corrected chi connectivity index (χ3v) is 6.21. The summed E-state index contributed by atoms with van der Waals surface area (Å²) >= 11 is 2.37. The predicted octanol–water partition coefficient (Wildman–Crippen LogP) is 7.93. The van der Waals surface area contributed by atoms with Crippen molar-refractivity contribution in [1.82, 2.24) is 0 Å². The van der Waals surface area contributed by atoms with Gasteiger partial charge >= 0.3 is 0 Å². The van der Waals surface area contributed by atoms with Crippen molar-refractivity contribution in [2.45, 2.75) is 39.5 Å². The van der Waals surface area contributed by atoms with Gasteiger partial charge in [0, 0.05) is 10.8 Å². The molecule has 27 heavy (non-hydrogen) atoms. The zero-order valence-electron chi connectivity index (χ0n) is 16.2. The van der Waals surface area contributed by atoms with Crippen LogP contribution in [-0.2, 0) is 11.8 Å². The number of para-hydroxylation sites is 2. The monoisotopic (exact) mass is 469 g/mol. The maximum Gasteiger partial charge on any atom is 0.159 e. The van der Waals surface area contributed by atoms with E-state index in [9.17, 15) is 0 Å². The number of halogens is 1. The highest BCUT2D eigenvalue weighted by Gasteiger charge is 2.18. The number of nitrogens with zero attached hydrogens (tertiary/aromatic N) is 1. The molecule has 0 saturated carbocycles. The quantitative estimate of drug-likeness (QED) is 0.224. The van der Waals surface area contributed by atoms with E-state index in [1.807, 2.05) is 0 Å². The zero-order chi connectivity index (χ0) is 19.2. The number of aryl methyl sites for hydroxylation is 1. The normalized spacial score (nSPS) is 12.0. The molecule has 0 bridgehead atoms. The first-order valence-electron chi connectivity index (χ1n) is 9.39. The van der Waals surface area contributed by atoms with Crippen molar-refractivity contribution in [2.24, 2.45) is 0 Å². The Morgan fingerprint density at radius 2 is 1.48 bits per heavy atom. The highest BCUT2D eigenvalue weighted by atomic mass is 127. The van der Waals surface area contributed by atoms with Crippen molar-refractivity contribution in [3.8, 4) is 0 Å². The van der Waals surface area contributed by atoms with Crippen molar-refractivity contribution < 1.29 is 4.42 Å². The van der Waals surface area contributed by atoms with Crippen LogP contribution in [0.1, 0.15) is 38.8 Å². The Hall–Kier alpha value is -2.01. The molecule has 1 heterocycles. The lowest BCUT2D eigenvalue weighted by atomic mass is 9.87. The third kappa shape index (κ3) is 3.22.